The lowest BCUT2D eigenvalue weighted by Crippen LogP contribution is -2.08. The van der Waals surface area contributed by atoms with Crippen molar-refractivity contribution in [3.05, 3.63) is 17.9 Å². The Kier molecular flexibility index (Phi) is 2.14. The Morgan fingerprint density at radius 3 is 1.55 bits per heavy atom. The first kappa shape index (κ1) is 7.18. The zero-order chi connectivity index (χ0) is 7.52. The van der Waals surface area contributed by atoms with E-state index in [0.29, 0.717) is 0 Å². The van der Waals surface area contributed by atoms with Crippen molar-refractivity contribution >= 4 is 0 Å². The van der Waals surface area contributed by atoms with Gasteiger partial charge in [0.15, 0.2) is 0 Å². The van der Waals surface area contributed by atoms with Gasteiger partial charge in [-0.15, -0.1) is 5.73 Å². The van der Waals surface area contributed by atoms with Crippen LogP contribution in [0.1, 0.15) is 38.5 Å². The van der Waals surface area contributed by atoms with Crippen LogP contribution in [0.3, 0.4) is 0 Å². The van der Waals surface area contributed by atoms with Gasteiger partial charge in [-0.3, -0.25) is 0 Å². The van der Waals surface area contributed by atoms with E-state index in [1.165, 1.54) is 38.5 Å². The average Bonchev–Trinajstić information content (AvgIpc) is 1.79. The topological polar surface area (TPSA) is 0 Å². The molecule has 0 aliphatic heterocycles. The van der Waals surface area contributed by atoms with Gasteiger partial charge < -0.3 is 0 Å². The second-order valence-corrected chi connectivity index (χ2v) is 3.88. The minimum atomic E-state index is 0.881. The molecule has 2 aliphatic carbocycles. The van der Waals surface area contributed by atoms with E-state index in [0.717, 1.165) is 11.8 Å². The number of rotatable bonds is 2. The molecule has 0 spiro atoms. The Morgan fingerprint density at radius 1 is 0.818 bits per heavy atom. The molecule has 0 saturated heterocycles. The standard InChI is InChI=1S/C11H16/c1-4-10(5-1)8-3-9-11-6-2-7-11/h8-11H,1-2,4-7H2. The van der Waals surface area contributed by atoms with Gasteiger partial charge in [0.1, 0.15) is 0 Å². The molecule has 0 unspecified atom stereocenters. The van der Waals surface area contributed by atoms with Crippen molar-refractivity contribution in [1.29, 1.82) is 0 Å². The number of hydrogen-bond donors (Lipinski definition) is 0. The second-order valence-electron chi connectivity index (χ2n) is 3.88. The fourth-order valence-corrected chi connectivity index (χ4v) is 1.54. The molecule has 0 atom stereocenters. The summed E-state index contributed by atoms with van der Waals surface area (Å²) in [6.45, 7) is 0. The summed E-state index contributed by atoms with van der Waals surface area (Å²) in [5.41, 5.74) is 3.34. The van der Waals surface area contributed by atoms with Gasteiger partial charge >= 0.3 is 0 Å². The van der Waals surface area contributed by atoms with Crippen molar-refractivity contribution < 1.29 is 0 Å². The first-order valence-electron chi connectivity index (χ1n) is 4.88. The maximum absolute atomic E-state index is 3.34. The third-order valence-corrected chi connectivity index (χ3v) is 2.96. The summed E-state index contributed by atoms with van der Waals surface area (Å²) in [5, 5.41) is 0. The highest BCUT2D eigenvalue weighted by Crippen LogP contribution is 2.28. The van der Waals surface area contributed by atoms with E-state index >= 15 is 0 Å². The maximum Gasteiger partial charge on any atom is -0.0158 e. The molecular formula is C11H16. The SMILES string of the molecule is C(=CC1CCC1)=CC1CCC1. The molecule has 0 aromatic heterocycles. The van der Waals surface area contributed by atoms with E-state index in [1.54, 1.807) is 0 Å². The van der Waals surface area contributed by atoms with Crippen LogP contribution in [0.4, 0.5) is 0 Å². The lowest BCUT2D eigenvalue weighted by molar-refractivity contribution is 0.382. The molecule has 2 saturated carbocycles. The molecule has 0 aromatic carbocycles. The molecule has 2 fully saturated rings. The van der Waals surface area contributed by atoms with E-state index in [1.807, 2.05) is 0 Å². The van der Waals surface area contributed by atoms with E-state index in [9.17, 15) is 0 Å². The minimum absolute atomic E-state index is 0.881. The van der Waals surface area contributed by atoms with Crippen molar-refractivity contribution in [2.75, 3.05) is 0 Å². The Bertz CT molecular complexity index is 158. The van der Waals surface area contributed by atoms with E-state index < -0.39 is 0 Å². The summed E-state index contributed by atoms with van der Waals surface area (Å²) in [6.07, 6.45) is 13.1. The first-order chi connectivity index (χ1) is 5.45. The van der Waals surface area contributed by atoms with Gasteiger partial charge in [0, 0.05) is 0 Å². The normalized spacial score (nSPS) is 24.7. The lowest BCUT2D eigenvalue weighted by Gasteiger charge is -2.21. The molecule has 0 radical (unpaired) electrons. The monoisotopic (exact) mass is 148 g/mol. The molecule has 0 N–H and O–H groups in total. The Balaban J connectivity index is 1.76. The number of hydrogen-bond acceptors (Lipinski definition) is 0. The van der Waals surface area contributed by atoms with Crippen molar-refractivity contribution in [2.24, 2.45) is 11.8 Å². The fourth-order valence-electron chi connectivity index (χ4n) is 1.54. The highest BCUT2D eigenvalue weighted by Gasteiger charge is 2.14. The summed E-state index contributed by atoms with van der Waals surface area (Å²) in [7, 11) is 0. The van der Waals surface area contributed by atoms with Gasteiger partial charge in [-0.2, -0.15) is 0 Å². The molecular weight excluding hydrogens is 132 g/mol. The van der Waals surface area contributed by atoms with Crippen molar-refractivity contribution in [1.82, 2.24) is 0 Å². The molecule has 0 amide bonds. The molecule has 0 heterocycles. The highest BCUT2D eigenvalue weighted by molar-refractivity contribution is 4.97. The van der Waals surface area contributed by atoms with Crippen LogP contribution >= 0.6 is 0 Å². The highest BCUT2D eigenvalue weighted by atomic mass is 14.2. The Labute approximate surface area is 69.0 Å². The molecule has 0 aromatic rings. The van der Waals surface area contributed by atoms with Crippen LogP contribution < -0.4 is 0 Å². The fraction of sp³-hybridized carbons (Fsp3) is 0.727. The van der Waals surface area contributed by atoms with E-state index in [-0.39, 0.29) is 0 Å². The molecule has 2 aliphatic rings. The molecule has 0 nitrogen and oxygen atoms in total. The summed E-state index contributed by atoms with van der Waals surface area (Å²) in [4.78, 5) is 0. The van der Waals surface area contributed by atoms with Crippen molar-refractivity contribution in [2.45, 2.75) is 38.5 Å². The second kappa shape index (κ2) is 3.28. The largest absolute Gasteiger partial charge is 0.129 e. The predicted molar refractivity (Wildman–Crippen MR) is 47.3 cm³/mol. The molecule has 60 valence electrons. The lowest BCUT2D eigenvalue weighted by atomic mass is 9.84. The average molecular weight is 148 g/mol. The summed E-state index contributed by atoms with van der Waals surface area (Å²) in [6, 6.07) is 0. The minimum Gasteiger partial charge on any atom is -0.129 e. The zero-order valence-corrected chi connectivity index (χ0v) is 7.05. The van der Waals surface area contributed by atoms with Crippen LogP contribution in [0, 0.1) is 11.8 Å². The molecule has 0 heteroatoms. The molecule has 11 heavy (non-hydrogen) atoms. The van der Waals surface area contributed by atoms with Crippen molar-refractivity contribution in [3.63, 3.8) is 0 Å². The smallest absolute Gasteiger partial charge is 0.0158 e. The first-order valence-corrected chi connectivity index (χ1v) is 4.88. The molecule has 0 bridgehead atoms. The van der Waals surface area contributed by atoms with Gasteiger partial charge in [0.25, 0.3) is 0 Å². The third kappa shape index (κ3) is 1.75. The quantitative estimate of drug-likeness (QED) is 0.527. The van der Waals surface area contributed by atoms with Crippen molar-refractivity contribution in [3.8, 4) is 0 Å². The summed E-state index contributed by atoms with van der Waals surface area (Å²) < 4.78 is 0. The van der Waals surface area contributed by atoms with Crippen LogP contribution in [-0.2, 0) is 0 Å². The van der Waals surface area contributed by atoms with Crippen LogP contribution in [-0.4, -0.2) is 0 Å². The van der Waals surface area contributed by atoms with Crippen LogP contribution in [0.5, 0.6) is 0 Å². The van der Waals surface area contributed by atoms with Gasteiger partial charge in [-0.05, 0) is 49.7 Å². The van der Waals surface area contributed by atoms with Crippen LogP contribution in [0.25, 0.3) is 0 Å². The third-order valence-electron chi connectivity index (χ3n) is 2.96. The molecule has 2 rings (SSSR count). The van der Waals surface area contributed by atoms with Gasteiger partial charge in [-0.25, -0.2) is 0 Å². The van der Waals surface area contributed by atoms with Gasteiger partial charge in [-0.1, -0.05) is 12.8 Å². The Morgan fingerprint density at radius 2 is 1.27 bits per heavy atom. The summed E-state index contributed by atoms with van der Waals surface area (Å²) in [5.74, 6) is 1.76. The Hall–Kier alpha value is -0.480. The van der Waals surface area contributed by atoms with Crippen LogP contribution in [0.2, 0.25) is 0 Å². The summed E-state index contributed by atoms with van der Waals surface area (Å²) >= 11 is 0. The maximum atomic E-state index is 3.34. The zero-order valence-electron chi connectivity index (χ0n) is 7.05. The number of allylic oxidation sites excluding steroid dienone is 1. The van der Waals surface area contributed by atoms with E-state index in [4.69, 9.17) is 0 Å². The predicted octanol–water partition coefficient (Wildman–Crippen LogP) is 3.30. The van der Waals surface area contributed by atoms with E-state index in [2.05, 4.69) is 17.9 Å². The van der Waals surface area contributed by atoms with Gasteiger partial charge in [0.05, 0.1) is 0 Å². The van der Waals surface area contributed by atoms with Gasteiger partial charge in [0.2, 0.25) is 0 Å². The van der Waals surface area contributed by atoms with Crippen LogP contribution in [0.15, 0.2) is 17.9 Å².